The largest absolute Gasteiger partial charge is 0.497 e. The number of hydrogen-bond acceptors (Lipinski definition) is 9. The van der Waals surface area contributed by atoms with Crippen LogP contribution in [0.4, 0.5) is 4.79 Å². The zero-order chi connectivity index (χ0) is 37.9. The number of nitrogens with one attached hydrogen (secondary N) is 1. The smallest absolute Gasteiger partial charge is 0.407 e. The molecule has 2 aliphatic rings. The molecule has 0 aliphatic carbocycles. The highest BCUT2D eigenvalue weighted by atomic mass is 16.8. The Labute approximate surface area is 319 Å². The molecule has 4 aromatic rings. The molecule has 0 aromatic heterocycles. The maximum atomic E-state index is 13.0. The van der Waals surface area contributed by atoms with Crippen LogP contribution in [0.3, 0.4) is 0 Å². The number of nitrogens with zero attached hydrogens (tertiary/aromatic N) is 1. The minimum atomic E-state index is -0.795. The fourth-order valence-electron chi connectivity index (χ4n) is 7.41. The van der Waals surface area contributed by atoms with Crippen molar-refractivity contribution in [2.45, 2.75) is 95.0 Å². The summed E-state index contributed by atoms with van der Waals surface area (Å²) in [6.45, 7) is 5.00. The number of benzene rings is 4. The number of aliphatic hydroxyl groups is 1. The molecule has 0 spiro atoms. The summed E-state index contributed by atoms with van der Waals surface area (Å²) in [6, 6.07) is 35.7. The highest BCUT2D eigenvalue weighted by molar-refractivity contribution is 5.67. The summed E-state index contributed by atoms with van der Waals surface area (Å²) in [5.74, 6) is 0.829. The summed E-state index contributed by atoms with van der Waals surface area (Å²) in [5, 5.41) is 14.9. The minimum absolute atomic E-state index is 0.121. The average Bonchev–Trinajstić information content (AvgIpc) is 3.71. The Morgan fingerprint density at radius 3 is 2.00 bits per heavy atom. The summed E-state index contributed by atoms with van der Waals surface area (Å²) in [7, 11) is 3.32. The molecule has 0 saturated carbocycles. The number of aliphatic hydroxyl groups excluding tert-OH is 1. The van der Waals surface area contributed by atoms with Gasteiger partial charge in [-0.05, 0) is 86.2 Å². The third-order valence-electron chi connectivity index (χ3n) is 10.1. The van der Waals surface area contributed by atoms with Crippen molar-refractivity contribution < 1.29 is 38.3 Å². The Kier molecular flexibility index (Phi) is 13.6. The Bertz CT molecular complexity index is 1660. The molecule has 10 heteroatoms. The van der Waals surface area contributed by atoms with Crippen LogP contribution in [0.2, 0.25) is 0 Å². The van der Waals surface area contributed by atoms with E-state index in [2.05, 4.69) is 46.6 Å². The van der Waals surface area contributed by atoms with E-state index < -0.39 is 30.4 Å². The van der Waals surface area contributed by atoms with Gasteiger partial charge in [-0.2, -0.15) is 0 Å². The van der Waals surface area contributed by atoms with Crippen molar-refractivity contribution in [3.63, 3.8) is 0 Å². The molecule has 4 aromatic carbocycles. The molecule has 2 fully saturated rings. The monoisotopic (exact) mass is 738 g/mol. The molecule has 54 heavy (non-hydrogen) atoms. The Balaban J connectivity index is 1.18. The van der Waals surface area contributed by atoms with Gasteiger partial charge in [-0.25, -0.2) is 4.79 Å². The minimum Gasteiger partial charge on any atom is -0.497 e. The number of unbranched alkanes of at least 4 members (excludes halogenated alkanes) is 1. The molecule has 2 saturated heterocycles. The zero-order valence-electron chi connectivity index (χ0n) is 31.8. The molecular formula is C44H54N2O8. The van der Waals surface area contributed by atoms with Crippen LogP contribution in [0.5, 0.6) is 11.5 Å². The lowest BCUT2D eigenvalue weighted by molar-refractivity contribution is -0.214. The van der Waals surface area contributed by atoms with Gasteiger partial charge in [0.1, 0.15) is 24.2 Å². The zero-order valence-corrected chi connectivity index (χ0v) is 31.8. The topological polar surface area (TPSA) is 108 Å². The molecular weight excluding hydrogens is 684 g/mol. The second kappa shape index (κ2) is 18.7. The van der Waals surface area contributed by atoms with Crippen LogP contribution >= 0.6 is 0 Å². The van der Waals surface area contributed by atoms with Crippen LogP contribution < -0.4 is 14.8 Å². The fourth-order valence-corrected chi connectivity index (χ4v) is 7.41. The van der Waals surface area contributed by atoms with Gasteiger partial charge in [0.25, 0.3) is 0 Å². The quantitative estimate of drug-likeness (QED) is 0.101. The van der Waals surface area contributed by atoms with E-state index in [9.17, 15) is 9.90 Å². The third-order valence-corrected chi connectivity index (χ3v) is 10.1. The van der Waals surface area contributed by atoms with E-state index in [1.54, 1.807) is 14.2 Å². The Hall–Kier alpha value is -4.45. The number of hydrogen-bond donors (Lipinski definition) is 2. The van der Waals surface area contributed by atoms with E-state index in [-0.39, 0.29) is 24.8 Å². The molecule has 288 valence electrons. The first-order chi connectivity index (χ1) is 26.2. The van der Waals surface area contributed by atoms with Crippen LogP contribution in [-0.4, -0.2) is 79.8 Å². The van der Waals surface area contributed by atoms with E-state index in [0.29, 0.717) is 25.9 Å². The van der Waals surface area contributed by atoms with Crippen LogP contribution in [0.15, 0.2) is 109 Å². The third kappa shape index (κ3) is 10.8. The second-order valence-electron chi connectivity index (χ2n) is 14.6. The van der Waals surface area contributed by atoms with E-state index in [1.165, 1.54) is 0 Å². The normalized spacial score (nSPS) is 20.0. The number of methoxy groups -OCH3 is 2. The standard InChI is InChI=1S/C44H54N2O8/c1-44(2)53-40-28-39(52-42(40)54-44)38(47)29-46(41(33-18-22-36(49-3)23-19-33)34-20-24-37(50-4)25-21-34)26-12-11-17-35(27-31-13-7-5-8-14-31)45-43(48)51-30-32-15-9-6-10-16-32/h5-10,13-16,18-25,35,38-42,47H,11-12,17,26-30H2,1-4H3,(H,45,48)/t35-,38+,39-,40+,42+/m0/s1. The average molecular weight is 739 g/mol. The molecule has 10 nitrogen and oxygen atoms in total. The number of carbonyl (C=O) groups excluding carboxylic acids is 1. The first kappa shape index (κ1) is 39.2. The summed E-state index contributed by atoms with van der Waals surface area (Å²) in [4.78, 5) is 15.3. The van der Waals surface area contributed by atoms with Crippen LogP contribution in [0, 0.1) is 0 Å². The van der Waals surface area contributed by atoms with Crippen molar-refractivity contribution in [3.8, 4) is 11.5 Å². The van der Waals surface area contributed by atoms with Gasteiger partial charge in [0, 0.05) is 19.0 Å². The highest BCUT2D eigenvalue weighted by Crippen LogP contribution is 2.39. The molecule has 0 unspecified atom stereocenters. The van der Waals surface area contributed by atoms with Gasteiger partial charge in [0.15, 0.2) is 12.1 Å². The molecule has 2 heterocycles. The van der Waals surface area contributed by atoms with Gasteiger partial charge in [-0.15, -0.1) is 0 Å². The number of alkyl carbamates (subject to hydrolysis) is 1. The Morgan fingerprint density at radius 1 is 0.833 bits per heavy atom. The predicted molar refractivity (Wildman–Crippen MR) is 206 cm³/mol. The molecule has 0 bridgehead atoms. The predicted octanol–water partition coefficient (Wildman–Crippen LogP) is 7.43. The van der Waals surface area contributed by atoms with Crippen molar-refractivity contribution >= 4 is 6.09 Å². The number of rotatable bonds is 18. The lowest BCUT2D eigenvalue weighted by Crippen LogP contribution is -2.42. The first-order valence-electron chi connectivity index (χ1n) is 18.9. The molecule has 6 rings (SSSR count). The van der Waals surface area contributed by atoms with Gasteiger partial charge in [0.05, 0.1) is 32.5 Å². The second-order valence-corrected chi connectivity index (χ2v) is 14.6. The molecule has 5 atom stereocenters. The molecule has 0 radical (unpaired) electrons. The maximum Gasteiger partial charge on any atom is 0.407 e. The summed E-state index contributed by atoms with van der Waals surface area (Å²) in [6.07, 6.45) is 1.26. The van der Waals surface area contributed by atoms with Gasteiger partial charge >= 0.3 is 6.09 Å². The lowest BCUT2D eigenvalue weighted by Gasteiger charge is -2.35. The van der Waals surface area contributed by atoms with Gasteiger partial charge < -0.3 is 38.8 Å². The molecule has 2 N–H and O–H groups in total. The van der Waals surface area contributed by atoms with Crippen molar-refractivity contribution in [3.05, 3.63) is 131 Å². The van der Waals surface area contributed by atoms with Gasteiger partial charge in [-0.3, -0.25) is 4.90 Å². The van der Waals surface area contributed by atoms with E-state index in [0.717, 1.165) is 53.0 Å². The summed E-state index contributed by atoms with van der Waals surface area (Å²) >= 11 is 0. The maximum absolute atomic E-state index is 13.0. The van der Waals surface area contributed by atoms with Crippen LogP contribution in [0.1, 0.15) is 67.8 Å². The summed E-state index contributed by atoms with van der Waals surface area (Å²) < 4.78 is 34.8. The van der Waals surface area contributed by atoms with E-state index in [1.807, 2.05) is 86.6 Å². The molecule has 2 aliphatic heterocycles. The number of fused-ring (bicyclic) bond motifs is 1. The number of ether oxygens (including phenoxy) is 6. The van der Waals surface area contributed by atoms with E-state index in [4.69, 9.17) is 28.4 Å². The molecule has 1 amide bonds. The van der Waals surface area contributed by atoms with Crippen LogP contribution in [-0.2, 0) is 32.0 Å². The number of carbonyl (C=O) groups is 1. The van der Waals surface area contributed by atoms with Crippen molar-refractivity contribution in [1.82, 2.24) is 10.2 Å². The van der Waals surface area contributed by atoms with E-state index >= 15 is 0 Å². The lowest BCUT2D eigenvalue weighted by atomic mass is 9.95. The van der Waals surface area contributed by atoms with Crippen molar-refractivity contribution in [1.29, 1.82) is 0 Å². The number of amides is 1. The summed E-state index contributed by atoms with van der Waals surface area (Å²) in [5.41, 5.74) is 4.21. The SMILES string of the molecule is COc1ccc(C(c2ccc(OC)cc2)N(CCCC[C@@H](Cc2ccccc2)NC(=O)OCc2ccccc2)C[C@@H](O)[C@@H]2C[C@H]3OC(C)(C)O[C@H]3O2)cc1. The van der Waals surface area contributed by atoms with Gasteiger partial charge in [0.2, 0.25) is 0 Å². The van der Waals surface area contributed by atoms with Crippen LogP contribution in [0.25, 0.3) is 0 Å². The van der Waals surface area contributed by atoms with Crippen molar-refractivity contribution in [2.75, 3.05) is 27.3 Å². The fraction of sp³-hybridized carbons (Fsp3) is 0.432. The highest BCUT2D eigenvalue weighted by Gasteiger charge is 2.50. The van der Waals surface area contributed by atoms with Gasteiger partial charge in [-0.1, -0.05) is 91.3 Å². The first-order valence-corrected chi connectivity index (χ1v) is 18.9. The Morgan fingerprint density at radius 2 is 1.43 bits per heavy atom. The van der Waals surface area contributed by atoms with Crippen molar-refractivity contribution in [2.24, 2.45) is 0 Å².